The lowest BCUT2D eigenvalue weighted by atomic mass is 9.77. The van der Waals surface area contributed by atoms with Gasteiger partial charge in [-0.3, -0.25) is 4.79 Å². The summed E-state index contributed by atoms with van der Waals surface area (Å²) in [6.07, 6.45) is 3.96. The fourth-order valence-electron chi connectivity index (χ4n) is 4.22. The Morgan fingerprint density at radius 2 is 2.23 bits per heavy atom. The van der Waals surface area contributed by atoms with Gasteiger partial charge in [-0.15, -0.1) is 0 Å². The van der Waals surface area contributed by atoms with Crippen LogP contribution in [-0.4, -0.2) is 69.2 Å². The number of hydrogen-bond donors (Lipinski definition) is 4. The average molecular weight is 412 g/mol. The van der Waals surface area contributed by atoms with Gasteiger partial charge in [0.1, 0.15) is 23.2 Å². The summed E-state index contributed by atoms with van der Waals surface area (Å²) in [5.74, 6) is -0.861. The molecule has 1 unspecified atom stereocenters. The Bertz CT molecular complexity index is 993. The lowest BCUT2D eigenvalue weighted by Crippen LogP contribution is -2.60. The summed E-state index contributed by atoms with van der Waals surface area (Å²) in [6.45, 7) is 0.639. The van der Waals surface area contributed by atoms with Gasteiger partial charge in [-0.25, -0.2) is 9.78 Å². The van der Waals surface area contributed by atoms with E-state index in [1.165, 1.54) is 6.33 Å². The molecule has 0 bridgehead atoms. The lowest BCUT2D eigenvalue weighted by Gasteiger charge is -2.40. The molecule has 1 aliphatic carbocycles. The Balaban J connectivity index is 1.25. The van der Waals surface area contributed by atoms with Gasteiger partial charge in [0.2, 0.25) is 5.91 Å². The van der Waals surface area contributed by atoms with E-state index in [-0.39, 0.29) is 40.8 Å². The van der Waals surface area contributed by atoms with Crippen LogP contribution in [0.3, 0.4) is 0 Å². The van der Waals surface area contributed by atoms with Crippen molar-refractivity contribution in [1.29, 1.82) is 0 Å². The van der Waals surface area contributed by atoms with Crippen LogP contribution in [0.25, 0.3) is 0 Å². The second kappa shape index (κ2) is 7.03. The molecule has 2 aliphatic heterocycles. The minimum atomic E-state index is -1.18. The highest BCUT2D eigenvalue weighted by atomic mass is 16.5. The number of aromatic carboxylic acids is 1. The maximum Gasteiger partial charge on any atom is 0.526 e. The summed E-state index contributed by atoms with van der Waals surface area (Å²) >= 11 is 0. The number of nitrogens with one attached hydrogen (secondary N) is 1. The maximum atomic E-state index is 12.5. The van der Waals surface area contributed by atoms with Crippen LogP contribution in [0.4, 0.5) is 0 Å². The summed E-state index contributed by atoms with van der Waals surface area (Å²) in [5.41, 5.74) is 7.48. The third kappa shape index (κ3) is 3.19. The molecule has 2 aromatic rings. The van der Waals surface area contributed by atoms with Gasteiger partial charge in [0.05, 0.1) is 25.5 Å². The number of nitrogens with two attached hydrogens (primary N) is 1. The number of nitrogens with zero attached hydrogens (tertiary/aromatic N) is 2. The molecule has 3 atom stereocenters. The van der Waals surface area contributed by atoms with Gasteiger partial charge < -0.3 is 35.1 Å². The predicted molar refractivity (Wildman–Crippen MR) is 104 cm³/mol. The first-order valence-electron chi connectivity index (χ1n) is 9.85. The first-order chi connectivity index (χ1) is 14.4. The number of benzene rings is 1. The van der Waals surface area contributed by atoms with Gasteiger partial charge in [-0.2, -0.15) is 0 Å². The molecule has 0 radical (unpaired) electrons. The van der Waals surface area contributed by atoms with Crippen molar-refractivity contribution in [2.75, 3.05) is 13.1 Å². The van der Waals surface area contributed by atoms with Gasteiger partial charge in [-0.1, -0.05) is 6.07 Å². The van der Waals surface area contributed by atoms with Crippen molar-refractivity contribution in [2.45, 2.75) is 36.7 Å². The predicted octanol–water partition coefficient (Wildman–Crippen LogP) is -0.00210. The van der Waals surface area contributed by atoms with Crippen molar-refractivity contribution in [3.63, 3.8) is 0 Å². The monoisotopic (exact) mass is 412 g/mol. The van der Waals surface area contributed by atoms with Crippen molar-refractivity contribution in [1.82, 2.24) is 14.9 Å². The van der Waals surface area contributed by atoms with Crippen molar-refractivity contribution in [3.8, 4) is 11.5 Å². The smallest absolute Gasteiger partial charge is 0.526 e. The zero-order valence-electron chi connectivity index (χ0n) is 16.0. The molecular formula is C19H21BN4O6. The number of aromatic amines is 1. The van der Waals surface area contributed by atoms with Crippen molar-refractivity contribution < 1.29 is 29.1 Å². The van der Waals surface area contributed by atoms with E-state index in [1.807, 2.05) is 0 Å². The molecule has 1 saturated heterocycles. The number of amides is 1. The second-order valence-corrected chi connectivity index (χ2v) is 8.05. The number of fused-ring (bicyclic) bond motifs is 3. The highest BCUT2D eigenvalue weighted by Crippen LogP contribution is 2.60. The van der Waals surface area contributed by atoms with E-state index in [1.54, 1.807) is 23.2 Å². The zero-order valence-corrected chi connectivity index (χ0v) is 16.0. The summed E-state index contributed by atoms with van der Waals surface area (Å²) in [6, 6.07) is 2.74. The maximum absolute atomic E-state index is 12.5. The molecular weight excluding hydrogens is 391 g/mol. The Hall–Kier alpha value is -3.05. The molecule has 0 spiro atoms. The fraction of sp³-hybridized carbons (Fsp3) is 0.421. The Labute approximate surface area is 172 Å². The van der Waals surface area contributed by atoms with E-state index >= 15 is 0 Å². The molecule has 11 heteroatoms. The highest BCUT2D eigenvalue weighted by molar-refractivity contribution is 6.48. The molecule has 1 aromatic heterocycles. The molecule has 3 heterocycles. The molecule has 1 saturated carbocycles. The summed E-state index contributed by atoms with van der Waals surface area (Å²) < 4.78 is 11.4. The Kier molecular flexibility index (Phi) is 4.44. The van der Waals surface area contributed by atoms with E-state index in [2.05, 4.69) is 9.97 Å². The van der Waals surface area contributed by atoms with Gasteiger partial charge in [0, 0.05) is 24.1 Å². The first-order valence-corrected chi connectivity index (χ1v) is 9.85. The molecule has 1 aromatic carbocycles. The zero-order chi connectivity index (χ0) is 21.0. The number of H-pyrrole nitrogens is 1. The Morgan fingerprint density at radius 3 is 2.93 bits per heavy atom. The van der Waals surface area contributed by atoms with Gasteiger partial charge in [0.25, 0.3) is 0 Å². The first kappa shape index (κ1) is 19.0. The van der Waals surface area contributed by atoms with E-state index in [0.717, 1.165) is 17.7 Å². The number of carboxylic acids is 1. The minimum absolute atomic E-state index is 0.0306. The number of imidazole rings is 1. The number of hydrogen-bond acceptors (Lipinski definition) is 7. The van der Waals surface area contributed by atoms with Gasteiger partial charge in [0.15, 0.2) is 0 Å². The van der Waals surface area contributed by atoms with Crippen LogP contribution in [0.15, 0.2) is 24.7 Å². The fourth-order valence-corrected chi connectivity index (χ4v) is 4.22. The van der Waals surface area contributed by atoms with Crippen LogP contribution >= 0.6 is 0 Å². The van der Waals surface area contributed by atoms with E-state index in [9.17, 15) is 19.7 Å². The third-order valence-corrected chi connectivity index (χ3v) is 5.97. The van der Waals surface area contributed by atoms with Crippen LogP contribution in [0.1, 0.15) is 34.0 Å². The minimum Gasteiger partial charge on any atom is -0.535 e. The van der Waals surface area contributed by atoms with Gasteiger partial charge in [-0.05, 0) is 24.0 Å². The van der Waals surface area contributed by atoms with E-state index in [4.69, 9.17) is 15.1 Å². The summed E-state index contributed by atoms with van der Waals surface area (Å²) in [5, 5.41) is 19.7. The molecule has 30 heavy (non-hydrogen) atoms. The standard InChI is InChI=1S/C19H21BN4O6/c21-14(3-9-5-22-8-23-9)18(25)24-6-10(7-24)29-15-2-1-11-12-4-13(12)20(28)30-17(11)16(15)19(26)27/h1-2,5,8,10,12-14,28H,3-4,6-7,21H2,(H,22,23)(H,26,27)/t12?,13-,14-/m1/s1. The normalized spacial score (nSPS) is 23.0. The molecule has 5 N–H and O–H groups in total. The number of carboxylic acid groups (broad SMARTS) is 1. The number of rotatable bonds is 6. The number of ether oxygens (including phenoxy) is 1. The molecule has 10 nitrogen and oxygen atoms in total. The molecule has 2 fully saturated rings. The largest absolute Gasteiger partial charge is 0.535 e. The van der Waals surface area contributed by atoms with E-state index < -0.39 is 19.1 Å². The summed E-state index contributed by atoms with van der Waals surface area (Å²) in [7, 11) is -0.996. The van der Waals surface area contributed by atoms with Crippen LogP contribution < -0.4 is 15.1 Å². The van der Waals surface area contributed by atoms with Crippen LogP contribution in [0, 0.1) is 0 Å². The van der Waals surface area contributed by atoms with Crippen LogP contribution in [0.2, 0.25) is 5.82 Å². The average Bonchev–Trinajstić information content (AvgIpc) is 3.33. The number of carbonyl (C=O) groups is 2. The second-order valence-electron chi connectivity index (χ2n) is 8.05. The molecule has 156 valence electrons. The van der Waals surface area contributed by atoms with Crippen molar-refractivity contribution in [2.24, 2.45) is 5.73 Å². The molecule has 5 rings (SSSR count). The van der Waals surface area contributed by atoms with E-state index in [0.29, 0.717) is 19.5 Å². The quantitative estimate of drug-likeness (QED) is 0.484. The van der Waals surface area contributed by atoms with Crippen molar-refractivity contribution >= 4 is 19.0 Å². The SMILES string of the molecule is N[C@H](Cc1cnc[nH]1)C(=O)N1CC(Oc2ccc3c(c2C(=O)O)OB(O)[C@@H]2CC32)C1. The van der Waals surface area contributed by atoms with Crippen LogP contribution in [0.5, 0.6) is 11.5 Å². The lowest BCUT2D eigenvalue weighted by molar-refractivity contribution is -0.141. The van der Waals surface area contributed by atoms with Crippen molar-refractivity contribution in [3.05, 3.63) is 41.5 Å². The number of likely N-dealkylation sites (tertiary alicyclic amines) is 1. The molecule has 1 amide bonds. The summed E-state index contributed by atoms with van der Waals surface area (Å²) in [4.78, 5) is 32.8. The highest BCUT2D eigenvalue weighted by Gasteiger charge is 2.54. The topological polar surface area (TPSA) is 151 Å². The number of aromatic nitrogens is 2. The Morgan fingerprint density at radius 1 is 1.43 bits per heavy atom. The third-order valence-electron chi connectivity index (χ3n) is 5.97. The molecule has 3 aliphatic rings. The van der Waals surface area contributed by atoms with Gasteiger partial charge >= 0.3 is 13.1 Å². The van der Waals surface area contributed by atoms with Crippen LogP contribution in [-0.2, 0) is 11.2 Å². The number of carbonyl (C=O) groups excluding carboxylic acids is 1.